The molecule has 0 unspecified atom stereocenters. The van der Waals surface area contributed by atoms with Crippen LogP contribution in [-0.2, 0) is 6.54 Å². The molecule has 1 aromatic heterocycles. The highest BCUT2D eigenvalue weighted by Crippen LogP contribution is 2.34. The molecule has 162 valence electrons. The molecule has 1 aromatic carbocycles. The van der Waals surface area contributed by atoms with E-state index in [1.165, 1.54) is 24.4 Å². The SMILES string of the molecule is C=C(NNC(=O)c1ccc(CN(c2cc(F)cc(F)c2)S(=C)(=C)CC)nc1)C(F)F. The van der Waals surface area contributed by atoms with Crippen LogP contribution >= 0.6 is 9.39 Å². The zero-order valence-electron chi connectivity index (χ0n) is 16.3. The molecule has 0 bridgehead atoms. The Morgan fingerprint density at radius 2 is 1.80 bits per heavy atom. The number of carbonyl (C=O) groups is 1. The maximum Gasteiger partial charge on any atom is 0.279 e. The number of nitrogens with zero attached hydrogens (tertiary/aromatic N) is 2. The van der Waals surface area contributed by atoms with Crippen LogP contribution in [0, 0.1) is 11.6 Å². The molecule has 0 fully saturated rings. The Balaban J connectivity index is 2.21. The number of rotatable bonds is 9. The van der Waals surface area contributed by atoms with Crippen molar-refractivity contribution in [2.45, 2.75) is 19.9 Å². The van der Waals surface area contributed by atoms with E-state index in [1.54, 1.807) is 10.4 Å². The van der Waals surface area contributed by atoms with Gasteiger partial charge in [0.1, 0.15) is 11.6 Å². The van der Waals surface area contributed by atoms with Gasteiger partial charge in [-0.1, -0.05) is 25.2 Å². The van der Waals surface area contributed by atoms with Gasteiger partial charge >= 0.3 is 0 Å². The number of hydrazine groups is 1. The molecule has 0 atom stereocenters. The summed E-state index contributed by atoms with van der Waals surface area (Å²) in [5.74, 6) is 6.65. The van der Waals surface area contributed by atoms with Gasteiger partial charge < -0.3 is 4.31 Å². The minimum absolute atomic E-state index is 0.120. The molecule has 1 amide bonds. The highest BCUT2D eigenvalue weighted by Gasteiger charge is 2.16. The lowest BCUT2D eigenvalue weighted by Crippen LogP contribution is -2.38. The largest absolute Gasteiger partial charge is 0.322 e. The van der Waals surface area contributed by atoms with E-state index in [9.17, 15) is 22.4 Å². The Hall–Kier alpha value is -3.01. The fraction of sp³-hybridized carbons (Fsp3) is 0.200. The molecule has 1 heterocycles. The Labute approximate surface area is 173 Å². The first-order valence-corrected chi connectivity index (χ1v) is 10.8. The molecule has 2 rings (SSSR count). The van der Waals surface area contributed by atoms with Gasteiger partial charge in [-0.25, -0.2) is 17.6 Å². The van der Waals surface area contributed by atoms with E-state index in [1.807, 2.05) is 12.3 Å². The lowest BCUT2D eigenvalue weighted by Gasteiger charge is -2.32. The second-order valence-electron chi connectivity index (χ2n) is 6.40. The second kappa shape index (κ2) is 9.66. The Morgan fingerprint density at radius 1 is 1.17 bits per heavy atom. The number of allylic oxidation sites excluding steroid dienone is 1. The zero-order chi connectivity index (χ0) is 22.5. The van der Waals surface area contributed by atoms with Gasteiger partial charge in [0.25, 0.3) is 12.3 Å². The summed E-state index contributed by atoms with van der Waals surface area (Å²) < 4.78 is 53.9. The van der Waals surface area contributed by atoms with Gasteiger partial charge in [-0.2, -0.15) is 0 Å². The van der Waals surface area contributed by atoms with E-state index in [0.29, 0.717) is 11.4 Å². The van der Waals surface area contributed by atoms with Crippen LogP contribution < -0.4 is 15.2 Å². The molecule has 0 saturated carbocycles. The van der Waals surface area contributed by atoms with Crippen LogP contribution in [0.2, 0.25) is 0 Å². The highest BCUT2D eigenvalue weighted by atomic mass is 32.2. The van der Waals surface area contributed by atoms with E-state index in [2.05, 4.69) is 28.7 Å². The summed E-state index contributed by atoms with van der Waals surface area (Å²) in [6.07, 6.45) is -1.56. The van der Waals surface area contributed by atoms with E-state index in [-0.39, 0.29) is 17.8 Å². The molecule has 2 aromatic rings. The van der Waals surface area contributed by atoms with E-state index < -0.39 is 39.1 Å². The minimum Gasteiger partial charge on any atom is -0.322 e. The molecule has 5 nitrogen and oxygen atoms in total. The van der Waals surface area contributed by atoms with Crippen LogP contribution in [0.4, 0.5) is 23.2 Å². The van der Waals surface area contributed by atoms with Crippen molar-refractivity contribution >= 4 is 32.7 Å². The Bertz CT molecular complexity index is 1000. The van der Waals surface area contributed by atoms with Crippen molar-refractivity contribution in [1.82, 2.24) is 15.8 Å². The third kappa shape index (κ3) is 5.99. The van der Waals surface area contributed by atoms with Crippen molar-refractivity contribution in [1.29, 1.82) is 0 Å². The molecule has 0 aliphatic carbocycles. The summed E-state index contributed by atoms with van der Waals surface area (Å²) in [4.78, 5) is 16.2. The van der Waals surface area contributed by atoms with Gasteiger partial charge in [-0.05, 0) is 30.0 Å². The lowest BCUT2D eigenvalue weighted by molar-refractivity contribution is 0.0928. The summed E-state index contributed by atoms with van der Waals surface area (Å²) in [7, 11) is -1.91. The first-order valence-electron chi connectivity index (χ1n) is 8.72. The molecule has 0 radical (unpaired) electrons. The molecule has 2 N–H and O–H groups in total. The molecular weight excluding hydrogens is 420 g/mol. The van der Waals surface area contributed by atoms with Crippen LogP contribution in [0.5, 0.6) is 0 Å². The normalized spacial score (nSPS) is 11.3. The van der Waals surface area contributed by atoms with Gasteiger partial charge in [-0.3, -0.25) is 20.6 Å². The highest BCUT2D eigenvalue weighted by molar-refractivity contribution is 8.28. The Morgan fingerprint density at radius 3 is 2.30 bits per heavy atom. The second-order valence-corrected chi connectivity index (χ2v) is 9.41. The van der Waals surface area contributed by atoms with E-state index in [4.69, 9.17) is 0 Å². The number of benzene rings is 1. The first kappa shape index (κ1) is 23.3. The smallest absolute Gasteiger partial charge is 0.279 e. The molecular formula is C20H22F4N4OS. The third-order valence-electron chi connectivity index (χ3n) is 4.13. The maximum absolute atomic E-state index is 13.7. The van der Waals surface area contributed by atoms with Crippen molar-refractivity contribution in [3.63, 3.8) is 0 Å². The molecule has 10 heteroatoms. The fourth-order valence-corrected chi connectivity index (χ4v) is 3.62. The van der Waals surface area contributed by atoms with Crippen molar-refractivity contribution in [3.05, 3.63) is 71.7 Å². The summed E-state index contributed by atoms with van der Waals surface area (Å²) in [6, 6.07) is 6.16. The van der Waals surface area contributed by atoms with Crippen LogP contribution in [-0.4, -0.2) is 34.8 Å². The number of nitrogens with one attached hydrogen (secondary N) is 2. The number of aromatic nitrogens is 1. The van der Waals surface area contributed by atoms with E-state index in [0.717, 1.165) is 6.07 Å². The number of amides is 1. The quantitative estimate of drug-likeness (QED) is 0.350. The number of hydrogen-bond acceptors (Lipinski definition) is 4. The van der Waals surface area contributed by atoms with Crippen LogP contribution in [0.1, 0.15) is 23.0 Å². The molecule has 0 saturated heterocycles. The summed E-state index contributed by atoms with van der Waals surface area (Å²) in [5.41, 5.74) is 4.38. The van der Waals surface area contributed by atoms with Crippen molar-refractivity contribution < 1.29 is 22.4 Å². The standard InChI is InChI=1S/C20H22F4N4OS/c1-5-30(3,4)28(18-9-15(21)8-16(22)10-18)12-17-7-6-14(11-25-17)20(29)27-26-13(2)19(23)24/h6-11,19,26H,2-5,12H2,1H3,(H,27,29). The number of hydrogen-bond donors (Lipinski definition) is 2. The minimum atomic E-state index is -2.82. The topological polar surface area (TPSA) is 57.3 Å². The van der Waals surface area contributed by atoms with Crippen molar-refractivity contribution in [2.24, 2.45) is 0 Å². The van der Waals surface area contributed by atoms with Gasteiger partial charge in [0, 0.05) is 12.3 Å². The molecule has 0 aliphatic rings. The number of carbonyl (C=O) groups excluding carboxylic acids is 1. The van der Waals surface area contributed by atoms with Crippen LogP contribution in [0.3, 0.4) is 0 Å². The number of alkyl halides is 2. The Kier molecular flexibility index (Phi) is 7.49. The number of pyridine rings is 1. The van der Waals surface area contributed by atoms with E-state index >= 15 is 0 Å². The van der Waals surface area contributed by atoms with Crippen LogP contribution in [0.25, 0.3) is 0 Å². The monoisotopic (exact) mass is 442 g/mol. The number of halogens is 4. The zero-order valence-corrected chi connectivity index (χ0v) is 17.1. The summed E-state index contributed by atoms with van der Waals surface area (Å²) in [5, 5.41) is 0. The fourth-order valence-electron chi connectivity index (χ4n) is 2.35. The van der Waals surface area contributed by atoms with Gasteiger partial charge in [0.05, 0.1) is 29.2 Å². The predicted octanol–water partition coefficient (Wildman–Crippen LogP) is 3.98. The van der Waals surface area contributed by atoms with Crippen molar-refractivity contribution in [3.8, 4) is 0 Å². The van der Waals surface area contributed by atoms with Crippen LogP contribution in [0.15, 0.2) is 48.8 Å². The average molecular weight is 442 g/mol. The van der Waals surface area contributed by atoms with Gasteiger partial charge in [-0.15, -0.1) is 9.39 Å². The molecule has 30 heavy (non-hydrogen) atoms. The lowest BCUT2D eigenvalue weighted by atomic mass is 10.2. The molecule has 0 aliphatic heterocycles. The third-order valence-corrected chi connectivity index (χ3v) is 6.48. The van der Waals surface area contributed by atoms with Crippen molar-refractivity contribution in [2.75, 3.05) is 10.1 Å². The maximum atomic E-state index is 13.7. The van der Waals surface area contributed by atoms with Gasteiger partial charge in [0.15, 0.2) is 0 Å². The summed E-state index contributed by atoms with van der Waals surface area (Å²) in [6.45, 7) is 5.11. The average Bonchev–Trinajstić information content (AvgIpc) is 2.69. The first-order chi connectivity index (χ1) is 14.0. The predicted molar refractivity (Wildman–Crippen MR) is 115 cm³/mol. The van der Waals surface area contributed by atoms with Gasteiger partial charge in [0.2, 0.25) is 0 Å². The molecule has 0 spiro atoms. The summed E-state index contributed by atoms with van der Waals surface area (Å²) >= 11 is 0. The number of anilines is 1.